The van der Waals surface area contributed by atoms with Gasteiger partial charge in [0.25, 0.3) is 0 Å². The molecule has 0 radical (unpaired) electrons. The van der Waals surface area contributed by atoms with Crippen LogP contribution in [0.4, 0.5) is 5.69 Å². The van der Waals surface area contributed by atoms with E-state index < -0.39 is 5.97 Å². The third-order valence-electron chi connectivity index (χ3n) is 2.75. The molecule has 2 rings (SSSR count). The van der Waals surface area contributed by atoms with Crippen LogP contribution < -0.4 is 5.73 Å². The predicted molar refractivity (Wildman–Crippen MR) is 74.3 cm³/mol. The smallest absolute Gasteiger partial charge is 0.340 e. The molecule has 0 spiro atoms. The Bertz CT molecular complexity index is 651. The van der Waals surface area contributed by atoms with Crippen molar-refractivity contribution in [3.63, 3.8) is 0 Å². The van der Waals surface area contributed by atoms with E-state index in [9.17, 15) is 4.79 Å². The molecule has 0 aliphatic rings. The minimum Gasteiger partial charge on any atom is -0.465 e. The van der Waals surface area contributed by atoms with E-state index in [0.717, 1.165) is 15.9 Å². The lowest BCUT2D eigenvalue weighted by Gasteiger charge is -2.07. The number of halogens is 1. The first-order valence-electron chi connectivity index (χ1n) is 5.51. The topological polar surface area (TPSA) is 83.0 Å². The first kappa shape index (κ1) is 13.5. The monoisotopic (exact) mass is 324 g/mol. The molecule has 2 aromatic rings. The number of carbonyl (C=O) groups is 1. The van der Waals surface area contributed by atoms with Crippen LogP contribution in [0.15, 0.2) is 16.7 Å². The van der Waals surface area contributed by atoms with E-state index in [0.29, 0.717) is 5.82 Å². The fourth-order valence-electron chi connectivity index (χ4n) is 1.70. The minimum atomic E-state index is -0.498. The maximum absolute atomic E-state index is 11.6. The zero-order valence-electron chi connectivity index (χ0n) is 10.8. The summed E-state index contributed by atoms with van der Waals surface area (Å²) in [5, 5.41) is 4.35. The van der Waals surface area contributed by atoms with Gasteiger partial charge in [0.05, 0.1) is 40.4 Å². The molecule has 0 saturated heterocycles. The molecule has 0 unspecified atom stereocenters. The molecule has 100 valence electrons. The summed E-state index contributed by atoms with van der Waals surface area (Å²) in [7, 11) is 1.31. The van der Waals surface area contributed by atoms with Gasteiger partial charge in [0, 0.05) is 0 Å². The van der Waals surface area contributed by atoms with E-state index in [1.54, 1.807) is 10.7 Å². The van der Waals surface area contributed by atoms with Gasteiger partial charge in [-0.15, -0.1) is 0 Å². The molecule has 0 bridgehead atoms. The molecular weight excluding hydrogens is 312 g/mol. The van der Waals surface area contributed by atoms with E-state index in [1.807, 2.05) is 13.8 Å². The summed E-state index contributed by atoms with van der Waals surface area (Å²) in [6.07, 6.45) is 1.42. The van der Waals surface area contributed by atoms with Gasteiger partial charge >= 0.3 is 5.97 Å². The molecule has 0 fully saturated rings. The zero-order valence-corrected chi connectivity index (χ0v) is 12.4. The van der Waals surface area contributed by atoms with E-state index in [1.165, 1.54) is 13.3 Å². The van der Waals surface area contributed by atoms with Crippen LogP contribution in [0.3, 0.4) is 0 Å². The van der Waals surface area contributed by atoms with Gasteiger partial charge in [-0.3, -0.25) is 0 Å². The number of rotatable bonds is 2. The quantitative estimate of drug-likeness (QED) is 0.854. The molecular formula is C12H13BrN4O2. The summed E-state index contributed by atoms with van der Waals surface area (Å²) in [5.74, 6) is 0.0163. The van der Waals surface area contributed by atoms with E-state index in [2.05, 4.69) is 30.7 Å². The molecule has 0 aliphatic carbocycles. The fraction of sp³-hybridized carbons (Fsp3) is 0.250. The van der Waals surface area contributed by atoms with Crippen LogP contribution in [0.2, 0.25) is 0 Å². The summed E-state index contributed by atoms with van der Waals surface area (Å²) in [6, 6.07) is 1.56. The van der Waals surface area contributed by atoms with E-state index in [4.69, 9.17) is 5.73 Å². The highest BCUT2D eigenvalue weighted by atomic mass is 79.9. The summed E-state index contributed by atoms with van der Waals surface area (Å²) in [5.41, 5.74) is 8.00. The number of anilines is 1. The summed E-state index contributed by atoms with van der Waals surface area (Å²) in [4.78, 5) is 15.8. The summed E-state index contributed by atoms with van der Waals surface area (Å²) < 4.78 is 7.23. The van der Waals surface area contributed by atoms with Crippen molar-refractivity contribution in [2.75, 3.05) is 12.8 Å². The molecule has 6 nitrogen and oxygen atoms in total. The highest BCUT2D eigenvalue weighted by Gasteiger charge is 2.16. The van der Waals surface area contributed by atoms with Gasteiger partial charge in [-0.2, -0.15) is 5.10 Å². The maximum Gasteiger partial charge on any atom is 0.340 e. The van der Waals surface area contributed by atoms with Crippen molar-refractivity contribution in [1.29, 1.82) is 0 Å². The first-order chi connectivity index (χ1) is 8.95. The Hall–Kier alpha value is -1.89. The summed E-state index contributed by atoms with van der Waals surface area (Å²) >= 11 is 3.45. The third-order valence-corrected chi connectivity index (χ3v) is 3.89. The number of methoxy groups -OCH3 is 1. The number of hydrogen-bond donors (Lipinski definition) is 1. The average molecular weight is 325 g/mol. The maximum atomic E-state index is 11.6. The van der Waals surface area contributed by atoms with Crippen molar-refractivity contribution in [2.24, 2.45) is 0 Å². The lowest BCUT2D eigenvalue weighted by atomic mass is 10.2. The van der Waals surface area contributed by atoms with E-state index >= 15 is 0 Å². The third kappa shape index (κ3) is 2.33. The largest absolute Gasteiger partial charge is 0.465 e. The van der Waals surface area contributed by atoms with Crippen molar-refractivity contribution >= 4 is 27.6 Å². The van der Waals surface area contributed by atoms with Crippen molar-refractivity contribution in [1.82, 2.24) is 14.8 Å². The lowest BCUT2D eigenvalue weighted by Crippen LogP contribution is -2.10. The molecule has 0 atom stereocenters. The number of nitrogens with zero attached hydrogens (tertiary/aromatic N) is 3. The fourth-order valence-corrected chi connectivity index (χ4v) is 1.95. The van der Waals surface area contributed by atoms with Gasteiger partial charge in [0.2, 0.25) is 0 Å². The molecule has 0 aromatic carbocycles. The Morgan fingerprint density at radius 2 is 2.16 bits per heavy atom. The number of carbonyl (C=O) groups excluding carboxylic acids is 1. The van der Waals surface area contributed by atoms with Crippen molar-refractivity contribution in [3.8, 4) is 5.82 Å². The molecule has 2 aromatic heterocycles. The van der Waals surface area contributed by atoms with Crippen LogP contribution in [-0.2, 0) is 4.74 Å². The molecule has 0 aliphatic heterocycles. The summed E-state index contributed by atoms with van der Waals surface area (Å²) in [6.45, 7) is 3.78. The number of hydrogen-bond acceptors (Lipinski definition) is 5. The van der Waals surface area contributed by atoms with Crippen LogP contribution in [0.1, 0.15) is 21.7 Å². The Balaban J connectivity index is 2.57. The van der Waals surface area contributed by atoms with Gasteiger partial charge in [0.1, 0.15) is 0 Å². The molecule has 2 N–H and O–H groups in total. The number of nitrogens with two attached hydrogens (primary N) is 1. The molecule has 0 amide bonds. The van der Waals surface area contributed by atoms with E-state index in [-0.39, 0.29) is 11.3 Å². The Labute approximate surface area is 118 Å². The van der Waals surface area contributed by atoms with Gasteiger partial charge in [-0.05, 0) is 35.8 Å². The highest BCUT2D eigenvalue weighted by molar-refractivity contribution is 9.10. The first-order valence-corrected chi connectivity index (χ1v) is 6.31. The number of aromatic nitrogens is 3. The van der Waals surface area contributed by atoms with Crippen molar-refractivity contribution < 1.29 is 9.53 Å². The van der Waals surface area contributed by atoms with Crippen LogP contribution >= 0.6 is 15.9 Å². The van der Waals surface area contributed by atoms with Crippen LogP contribution in [0.5, 0.6) is 0 Å². The number of ether oxygens (including phenoxy) is 1. The van der Waals surface area contributed by atoms with Crippen molar-refractivity contribution in [3.05, 3.63) is 33.7 Å². The van der Waals surface area contributed by atoms with Gasteiger partial charge in [-0.25, -0.2) is 14.5 Å². The number of nitrogen functional groups attached to an aromatic ring is 1. The van der Waals surface area contributed by atoms with Crippen LogP contribution in [-0.4, -0.2) is 27.8 Å². The second-order valence-electron chi connectivity index (χ2n) is 4.02. The minimum absolute atomic E-state index is 0.274. The predicted octanol–water partition coefficient (Wildman–Crippen LogP) is 2.02. The van der Waals surface area contributed by atoms with Crippen molar-refractivity contribution in [2.45, 2.75) is 13.8 Å². The average Bonchev–Trinajstić information content (AvgIpc) is 2.66. The Kier molecular flexibility index (Phi) is 3.57. The molecule has 19 heavy (non-hydrogen) atoms. The normalized spacial score (nSPS) is 10.5. The van der Waals surface area contributed by atoms with Gasteiger partial charge < -0.3 is 10.5 Å². The highest BCUT2D eigenvalue weighted by Crippen LogP contribution is 2.23. The Morgan fingerprint density at radius 1 is 1.47 bits per heavy atom. The van der Waals surface area contributed by atoms with Crippen LogP contribution in [0.25, 0.3) is 5.82 Å². The SMILES string of the molecule is COC(=O)c1cc(-n2nc(C)c(Br)c2C)ncc1N. The van der Waals surface area contributed by atoms with Crippen LogP contribution in [0, 0.1) is 13.8 Å². The molecule has 0 saturated carbocycles. The lowest BCUT2D eigenvalue weighted by molar-refractivity contribution is 0.0602. The van der Waals surface area contributed by atoms with Gasteiger partial charge in [0.15, 0.2) is 5.82 Å². The number of esters is 1. The Morgan fingerprint density at radius 3 is 2.68 bits per heavy atom. The second-order valence-corrected chi connectivity index (χ2v) is 4.81. The molecule has 7 heteroatoms. The standard InChI is InChI=1S/C12H13BrN4O2/c1-6-11(13)7(2)17(16-6)10-4-8(12(18)19-3)9(14)5-15-10/h4-5H,14H2,1-3H3. The molecule has 2 heterocycles. The number of aryl methyl sites for hydroxylation is 1. The zero-order chi connectivity index (χ0) is 14.2. The van der Waals surface area contributed by atoms with Gasteiger partial charge in [-0.1, -0.05) is 0 Å². The second kappa shape index (κ2) is 5.00. The number of pyridine rings is 1.